The number of Topliss-reactive ketones (excluding diaryl/α,β-unsaturated/α-hetero) is 1. The van der Waals surface area contributed by atoms with Gasteiger partial charge in [0.05, 0.1) is 11.3 Å². The van der Waals surface area contributed by atoms with Crippen molar-refractivity contribution < 1.29 is 9.59 Å². The van der Waals surface area contributed by atoms with Crippen molar-refractivity contribution >= 4 is 23.5 Å². The topological polar surface area (TPSA) is 74.1 Å². The maximum absolute atomic E-state index is 12.6. The first-order valence-corrected chi connectivity index (χ1v) is 9.20. The third-order valence-electron chi connectivity index (χ3n) is 4.49. The van der Waals surface area contributed by atoms with E-state index in [0.717, 1.165) is 19.3 Å². The van der Waals surface area contributed by atoms with Crippen LogP contribution >= 0.6 is 11.8 Å². The monoisotopic (exact) mass is 345 g/mol. The number of hydrogen-bond acceptors (Lipinski definition) is 5. The maximum atomic E-state index is 12.6. The molecule has 2 atom stereocenters. The molecule has 0 aromatic carbocycles. The molecule has 0 aliphatic carbocycles. The molecule has 1 fully saturated rings. The smallest absolute Gasteiger partial charge is 0.233 e. The predicted octanol–water partition coefficient (Wildman–Crippen LogP) is 3.35. The molecule has 2 heterocycles. The van der Waals surface area contributed by atoms with Crippen molar-refractivity contribution in [1.29, 1.82) is 5.26 Å². The number of amides is 1. The lowest BCUT2D eigenvalue weighted by Gasteiger charge is -2.39. The normalized spacial score (nSPS) is 20.5. The van der Waals surface area contributed by atoms with Crippen molar-refractivity contribution in [3.8, 4) is 6.07 Å². The highest BCUT2D eigenvalue weighted by Crippen LogP contribution is 2.27. The lowest BCUT2D eigenvalue weighted by molar-refractivity contribution is -0.134. The van der Waals surface area contributed by atoms with E-state index in [2.05, 4.69) is 24.9 Å². The minimum Gasteiger partial charge on any atom is -0.337 e. The highest BCUT2D eigenvalue weighted by Gasteiger charge is 2.29. The first-order chi connectivity index (χ1) is 11.3. The maximum Gasteiger partial charge on any atom is 0.233 e. The van der Waals surface area contributed by atoms with Crippen molar-refractivity contribution in [2.24, 2.45) is 0 Å². The summed E-state index contributed by atoms with van der Waals surface area (Å²) in [6, 6.07) is 4.16. The molecule has 2 rings (SSSR count). The van der Waals surface area contributed by atoms with E-state index in [9.17, 15) is 14.9 Å². The number of nitriles is 1. The molecule has 0 spiro atoms. The summed E-state index contributed by atoms with van der Waals surface area (Å²) in [5.74, 6) is 0.230. The highest BCUT2D eigenvalue weighted by atomic mass is 32.2. The van der Waals surface area contributed by atoms with Crippen LogP contribution in [0.3, 0.4) is 0 Å². The number of aryl methyl sites for hydroxylation is 1. The molecule has 1 aliphatic rings. The van der Waals surface area contributed by atoms with E-state index in [1.54, 1.807) is 13.0 Å². The number of ketones is 1. The summed E-state index contributed by atoms with van der Waals surface area (Å²) in [5.41, 5.74) is 1.40. The van der Waals surface area contributed by atoms with Gasteiger partial charge in [-0.3, -0.25) is 9.59 Å². The van der Waals surface area contributed by atoms with Gasteiger partial charge in [0.15, 0.2) is 5.78 Å². The number of piperidine rings is 1. The van der Waals surface area contributed by atoms with Crippen LogP contribution in [0.2, 0.25) is 0 Å². The molecule has 0 bridgehead atoms. The lowest BCUT2D eigenvalue weighted by Crippen LogP contribution is -2.48. The van der Waals surface area contributed by atoms with Gasteiger partial charge < -0.3 is 4.90 Å². The minimum absolute atomic E-state index is 0.0821. The zero-order valence-electron chi connectivity index (χ0n) is 14.6. The summed E-state index contributed by atoms with van der Waals surface area (Å²) >= 11 is 1.28. The Morgan fingerprint density at radius 2 is 2.00 bits per heavy atom. The number of aromatic nitrogens is 1. The van der Waals surface area contributed by atoms with Crippen molar-refractivity contribution in [3.05, 3.63) is 22.9 Å². The zero-order valence-corrected chi connectivity index (χ0v) is 15.4. The standard InChI is InChI=1S/C18H23N3O2S/c1-11-6-5-7-12(2)21(11)17(23)10-24-18-15(9-19)8-16(14(4)22)13(3)20-18/h8,11-12H,5-7,10H2,1-4H3. The number of carbonyl (C=O) groups is 2. The molecule has 0 saturated carbocycles. The number of rotatable bonds is 4. The van der Waals surface area contributed by atoms with Gasteiger partial charge in [0.1, 0.15) is 11.1 Å². The van der Waals surface area contributed by atoms with Crippen molar-refractivity contribution in [2.75, 3.05) is 5.75 Å². The van der Waals surface area contributed by atoms with Gasteiger partial charge in [-0.1, -0.05) is 11.8 Å². The van der Waals surface area contributed by atoms with E-state index in [1.165, 1.54) is 18.7 Å². The van der Waals surface area contributed by atoms with E-state index < -0.39 is 0 Å². The minimum atomic E-state index is -0.111. The molecule has 1 amide bonds. The SMILES string of the molecule is CC(=O)c1cc(C#N)c(SCC(=O)N2C(C)CCCC2C)nc1C. The quantitative estimate of drug-likeness (QED) is 0.618. The van der Waals surface area contributed by atoms with Gasteiger partial charge in [0.2, 0.25) is 5.91 Å². The number of thioether (sulfide) groups is 1. The van der Waals surface area contributed by atoms with Crippen LogP contribution in [0.4, 0.5) is 0 Å². The van der Waals surface area contributed by atoms with Crippen LogP contribution < -0.4 is 0 Å². The Morgan fingerprint density at radius 1 is 1.38 bits per heavy atom. The molecule has 128 valence electrons. The third kappa shape index (κ3) is 3.96. The number of nitrogens with zero attached hydrogens (tertiary/aromatic N) is 3. The second-order valence-corrected chi connectivity index (χ2v) is 7.32. The summed E-state index contributed by atoms with van der Waals surface area (Å²) in [4.78, 5) is 30.5. The molecule has 1 aromatic heterocycles. The van der Waals surface area contributed by atoms with Crippen LogP contribution in [0, 0.1) is 18.3 Å². The predicted molar refractivity (Wildman–Crippen MR) is 94.0 cm³/mol. The number of likely N-dealkylation sites (tertiary alicyclic amines) is 1. The fraction of sp³-hybridized carbons (Fsp3) is 0.556. The van der Waals surface area contributed by atoms with Gasteiger partial charge in [0, 0.05) is 23.3 Å². The Bertz CT molecular complexity index is 686. The van der Waals surface area contributed by atoms with Crippen LogP contribution in [0.15, 0.2) is 11.1 Å². The van der Waals surface area contributed by atoms with E-state index in [1.807, 2.05) is 4.90 Å². The Balaban J connectivity index is 2.14. The Morgan fingerprint density at radius 3 is 2.54 bits per heavy atom. The first kappa shape index (κ1) is 18.5. The van der Waals surface area contributed by atoms with Crippen molar-refractivity contribution in [3.63, 3.8) is 0 Å². The van der Waals surface area contributed by atoms with Crippen LogP contribution in [-0.4, -0.2) is 39.4 Å². The molecular formula is C18H23N3O2S. The summed E-state index contributed by atoms with van der Waals surface area (Å²) in [7, 11) is 0. The molecule has 6 heteroatoms. The molecule has 24 heavy (non-hydrogen) atoms. The molecule has 5 nitrogen and oxygen atoms in total. The molecule has 1 saturated heterocycles. The van der Waals surface area contributed by atoms with E-state index in [4.69, 9.17) is 0 Å². The fourth-order valence-corrected chi connectivity index (χ4v) is 4.12. The van der Waals surface area contributed by atoms with Crippen molar-refractivity contribution in [1.82, 2.24) is 9.88 Å². The Labute approximate surface area is 147 Å². The van der Waals surface area contributed by atoms with Gasteiger partial charge in [-0.25, -0.2) is 4.98 Å². The van der Waals surface area contributed by atoms with Crippen LogP contribution in [-0.2, 0) is 4.79 Å². The number of hydrogen-bond donors (Lipinski definition) is 0. The molecule has 1 aliphatic heterocycles. The largest absolute Gasteiger partial charge is 0.337 e. The van der Waals surface area contributed by atoms with Gasteiger partial charge in [-0.15, -0.1) is 0 Å². The average molecular weight is 345 g/mol. The molecule has 2 unspecified atom stereocenters. The fourth-order valence-electron chi connectivity index (χ4n) is 3.25. The molecular weight excluding hydrogens is 322 g/mol. The second-order valence-electron chi connectivity index (χ2n) is 6.36. The highest BCUT2D eigenvalue weighted by molar-refractivity contribution is 8.00. The summed E-state index contributed by atoms with van der Waals surface area (Å²) in [6.07, 6.45) is 3.23. The molecule has 0 N–H and O–H groups in total. The Hall–Kier alpha value is -1.87. The van der Waals surface area contributed by atoms with Gasteiger partial charge in [-0.05, 0) is 53.0 Å². The van der Waals surface area contributed by atoms with Crippen molar-refractivity contribution in [2.45, 2.75) is 64.1 Å². The number of carbonyl (C=O) groups excluding carboxylic acids is 2. The Kier molecular flexibility index (Phi) is 6.00. The van der Waals surface area contributed by atoms with Gasteiger partial charge in [0.25, 0.3) is 0 Å². The summed E-state index contributed by atoms with van der Waals surface area (Å²) < 4.78 is 0. The van der Waals surface area contributed by atoms with Gasteiger partial charge in [-0.2, -0.15) is 5.26 Å². The summed E-state index contributed by atoms with van der Waals surface area (Å²) in [6.45, 7) is 7.38. The molecule has 1 aromatic rings. The third-order valence-corrected chi connectivity index (χ3v) is 5.47. The average Bonchev–Trinajstić information content (AvgIpc) is 2.52. The zero-order chi connectivity index (χ0) is 17.9. The van der Waals surface area contributed by atoms with Crippen LogP contribution in [0.1, 0.15) is 61.6 Å². The first-order valence-electron chi connectivity index (χ1n) is 8.21. The second kappa shape index (κ2) is 7.80. The van der Waals surface area contributed by atoms with E-state index >= 15 is 0 Å². The summed E-state index contributed by atoms with van der Waals surface area (Å²) in [5, 5.41) is 9.82. The lowest BCUT2D eigenvalue weighted by atomic mass is 9.98. The van der Waals surface area contributed by atoms with Crippen LogP contribution in [0.5, 0.6) is 0 Å². The van der Waals surface area contributed by atoms with Crippen LogP contribution in [0.25, 0.3) is 0 Å². The number of pyridine rings is 1. The van der Waals surface area contributed by atoms with E-state index in [-0.39, 0.29) is 29.5 Å². The van der Waals surface area contributed by atoms with E-state index in [0.29, 0.717) is 21.8 Å². The van der Waals surface area contributed by atoms with Gasteiger partial charge >= 0.3 is 0 Å². The molecule has 0 radical (unpaired) electrons.